The molecule has 0 aliphatic rings. The first kappa shape index (κ1) is 12.4. The topological polar surface area (TPSA) is 22.3 Å². The van der Waals surface area contributed by atoms with E-state index in [1.807, 2.05) is 61.0 Å². The summed E-state index contributed by atoms with van der Waals surface area (Å²) in [6, 6.07) is 14.0. The second-order valence-electron chi connectivity index (χ2n) is 4.18. The number of hydrogen-bond donors (Lipinski definition) is 0. The average molecular weight is 244 g/mol. The molecule has 1 aromatic heterocycles. The minimum Gasteiger partial charge on any atom is -0.490 e. The Kier molecular flexibility index (Phi) is 3.82. The molecule has 0 saturated heterocycles. The molecule has 0 bridgehead atoms. The van der Waals surface area contributed by atoms with Gasteiger partial charge < -0.3 is 4.74 Å². The summed E-state index contributed by atoms with van der Waals surface area (Å²) >= 11 is 0. The van der Waals surface area contributed by atoms with Crippen LogP contribution in [-0.4, -0.2) is 7.11 Å². The summed E-state index contributed by atoms with van der Waals surface area (Å²) < 4.78 is 7.10. The smallest absolute Gasteiger partial charge is 0.273 e. The average Bonchev–Trinajstić information content (AvgIpc) is 2.40. The number of benzene rings is 1. The zero-order chi connectivity index (χ0) is 13.0. The number of ether oxygens (including phenoxy) is 1. The highest BCUT2D eigenvalue weighted by atomic mass is 16.7. The Morgan fingerprint density at radius 2 is 1.72 bits per heavy atom. The summed E-state index contributed by atoms with van der Waals surface area (Å²) in [4.78, 5) is 5.83. The molecule has 0 amide bonds. The number of pyridine rings is 1. The van der Waals surface area contributed by atoms with Crippen molar-refractivity contribution in [3.63, 3.8) is 0 Å². The van der Waals surface area contributed by atoms with Crippen LogP contribution in [0.4, 0.5) is 0 Å². The fourth-order valence-electron chi connectivity index (χ4n) is 1.88. The van der Waals surface area contributed by atoms with Crippen LogP contribution in [0.15, 0.2) is 42.5 Å². The first-order valence-corrected chi connectivity index (χ1v) is 5.96. The van der Waals surface area contributed by atoms with Gasteiger partial charge in [-0.15, -0.1) is 0 Å². The molecular weight excluding hydrogens is 226 g/mol. The molecule has 0 radical (unpaired) electrons. The Balaban J connectivity index is 2.19. The van der Waals surface area contributed by atoms with E-state index in [1.165, 1.54) is 0 Å². The molecule has 0 unspecified atom stereocenters. The minimum absolute atomic E-state index is 0.542. The van der Waals surface area contributed by atoms with E-state index < -0.39 is 0 Å². The van der Waals surface area contributed by atoms with Crippen LogP contribution in [0.3, 0.4) is 0 Å². The lowest BCUT2D eigenvalue weighted by Crippen LogP contribution is -2.47. The van der Waals surface area contributed by atoms with Crippen LogP contribution in [0.25, 0.3) is 0 Å². The van der Waals surface area contributed by atoms with Gasteiger partial charge in [-0.05, 0) is 11.6 Å². The van der Waals surface area contributed by atoms with Crippen LogP contribution in [0.1, 0.15) is 17.0 Å². The molecule has 3 nitrogen and oxygen atoms in total. The third-order valence-corrected chi connectivity index (χ3v) is 2.88. The van der Waals surface area contributed by atoms with Crippen LogP contribution in [-0.2, 0) is 6.61 Å². The van der Waals surface area contributed by atoms with Gasteiger partial charge in [0.2, 0.25) is 5.69 Å². The van der Waals surface area contributed by atoms with E-state index in [-0.39, 0.29) is 0 Å². The fourth-order valence-corrected chi connectivity index (χ4v) is 1.88. The molecule has 0 N–H and O–H groups in total. The van der Waals surface area contributed by atoms with Gasteiger partial charge in [-0.3, -0.25) is 4.84 Å². The van der Waals surface area contributed by atoms with Crippen LogP contribution in [0.2, 0.25) is 0 Å². The van der Waals surface area contributed by atoms with Crippen molar-refractivity contribution in [2.24, 2.45) is 0 Å². The molecular formula is C15H18NO2+. The van der Waals surface area contributed by atoms with Gasteiger partial charge in [-0.2, -0.15) is 0 Å². The lowest BCUT2D eigenvalue weighted by molar-refractivity contribution is -0.903. The Morgan fingerprint density at radius 1 is 1.00 bits per heavy atom. The van der Waals surface area contributed by atoms with E-state index in [0.29, 0.717) is 6.61 Å². The molecule has 94 valence electrons. The number of aromatic nitrogens is 1. The molecule has 2 aromatic rings. The van der Waals surface area contributed by atoms with E-state index in [9.17, 15) is 0 Å². The summed E-state index contributed by atoms with van der Waals surface area (Å²) in [7, 11) is 1.67. The van der Waals surface area contributed by atoms with Crippen LogP contribution in [0, 0.1) is 13.8 Å². The Hall–Kier alpha value is -2.03. The van der Waals surface area contributed by atoms with E-state index in [1.54, 1.807) is 7.11 Å². The largest absolute Gasteiger partial charge is 0.490 e. The highest BCUT2D eigenvalue weighted by molar-refractivity contribution is 5.23. The quantitative estimate of drug-likeness (QED) is 0.770. The number of rotatable bonds is 4. The maximum atomic E-state index is 5.83. The van der Waals surface area contributed by atoms with Crippen LogP contribution >= 0.6 is 0 Å². The SMILES string of the molecule is COc1ccc(C)[n+](OCc2ccccc2)c1C. The lowest BCUT2D eigenvalue weighted by Gasteiger charge is -2.06. The zero-order valence-electron chi connectivity index (χ0n) is 11.0. The molecule has 18 heavy (non-hydrogen) atoms. The molecule has 0 aliphatic heterocycles. The van der Waals surface area contributed by atoms with Crippen molar-refractivity contribution in [2.75, 3.05) is 7.11 Å². The normalized spacial score (nSPS) is 10.2. The Bertz CT molecular complexity index is 524. The predicted octanol–water partition coefficient (Wildman–Crippen LogP) is 2.23. The van der Waals surface area contributed by atoms with Crippen molar-refractivity contribution in [3.05, 3.63) is 59.4 Å². The standard InChI is InChI=1S/C15H18NO2/c1-12-9-10-15(17-3)13(2)16(12)18-11-14-7-5-4-6-8-14/h4-10H,11H2,1-3H3/q+1. The number of nitrogens with zero attached hydrogens (tertiary/aromatic N) is 1. The molecule has 3 heteroatoms. The first-order valence-electron chi connectivity index (χ1n) is 5.96. The number of aryl methyl sites for hydroxylation is 1. The lowest BCUT2D eigenvalue weighted by atomic mass is 10.2. The van der Waals surface area contributed by atoms with Crippen molar-refractivity contribution >= 4 is 0 Å². The predicted molar refractivity (Wildman–Crippen MR) is 69.4 cm³/mol. The second-order valence-corrected chi connectivity index (χ2v) is 4.18. The summed E-state index contributed by atoms with van der Waals surface area (Å²) in [6.45, 7) is 4.54. The van der Waals surface area contributed by atoms with Crippen molar-refractivity contribution in [1.29, 1.82) is 0 Å². The molecule has 0 atom stereocenters. The monoisotopic (exact) mass is 244 g/mol. The van der Waals surface area contributed by atoms with Crippen molar-refractivity contribution < 1.29 is 14.3 Å². The third kappa shape index (κ3) is 2.62. The molecule has 0 fully saturated rings. The molecule has 0 aliphatic carbocycles. The van der Waals surface area contributed by atoms with E-state index >= 15 is 0 Å². The fraction of sp³-hybridized carbons (Fsp3) is 0.267. The van der Waals surface area contributed by atoms with Crippen molar-refractivity contribution in [2.45, 2.75) is 20.5 Å². The molecule has 0 spiro atoms. The van der Waals surface area contributed by atoms with Crippen LogP contribution in [0.5, 0.6) is 5.75 Å². The van der Waals surface area contributed by atoms with E-state index in [4.69, 9.17) is 9.57 Å². The highest BCUT2D eigenvalue weighted by Crippen LogP contribution is 2.12. The Morgan fingerprint density at radius 3 is 2.39 bits per heavy atom. The van der Waals surface area contributed by atoms with E-state index in [2.05, 4.69) is 0 Å². The van der Waals surface area contributed by atoms with Crippen molar-refractivity contribution in [1.82, 2.24) is 0 Å². The van der Waals surface area contributed by atoms with Gasteiger partial charge in [-0.1, -0.05) is 30.3 Å². The molecule has 0 saturated carbocycles. The molecule has 1 heterocycles. The summed E-state index contributed by atoms with van der Waals surface area (Å²) in [5.74, 6) is 0.827. The first-order chi connectivity index (χ1) is 8.72. The second kappa shape index (κ2) is 5.54. The van der Waals surface area contributed by atoms with Gasteiger partial charge in [0.25, 0.3) is 5.69 Å². The van der Waals surface area contributed by atoms with Gasteiger partial charge in [0.1, 0.15) is 0 Å². The summed E-state index contributed by atoms with van der Waals surface area (Å²) in [5, 5.41) is 0. The minimum atomic E-state index is 0.542. The number of hydrogen-bond acceptors (Lipinski definition) is 2. The van der Waals surface area contributed by atoms with Gasteiger partial charge in [0.05, 0.1) is 7.11 Å². The van der Waals surface area contributed by atoms with E-state index in [0.717, 1.165) is 22.7 Å². The van der Waals surface area contributed by atoms with Gasteiger partial charge in [0.15, 0.2) is 12.4 Å². The Labute approximate surface area is 108 Å². The summed E-state index contributed by atoms with van der Waals surface area (Å²) in [5.41, 5.74) is 3.16. The van der Waals surface area contributed by atoms with Gasteiger partial charge >= 0.3 is 0 Å². The maximum Gasteiger partial charge on any atom is 0.273 e. The van der Waals surface area contributed by atoms with Crippen LogP contribution < -0.4 is 14.3 Å². The van der Waals surface area contributed by atoms with Gasteiger partial charge in [0, 0.05) is 24.6 Å². The maximum absolute atomic E-state index is 5.83. The third-order valence-electron chi connectivity index (χ3n) is 2.88. The molecule has 1 aromatic carbocycles. The highest BCUT2D eigenvalue weighted by Gasteiger charge is 2.18. The zero-order valence-corrected chi connectivity index (χ0v) is 11.0. The van der Waals surface area contributed by atoms with Gasteiger partial charge in [-0.25, -0.2) is 0 Å². The van der Waals surface area contributed by atoms with Crippen molar-refractivity contribution in [3.8, 4) is 5.75 Å². The molecule has 2 rings (SSSR count). The number of methoxy groups -OCH3 is 1. The summed E-state index contributed by atoms with van der Waals surface area (Å²) in [6.07, 6.45) is 0.